The van der Waals surface area contributed by atoms with Gasteiger partial charge in [0.2, 0.25) is 0 Å². The van der Waals surface area contributed by atoms with E-state index in [9.17, 15) is 0 Å². The summed E-state index contributed by atoms with van der Waals surface area (Å²) in [4.78, 5) is 12.1. The van der Waals surface area contributed by atoms with Crippen LogP contribution in [0.1, 0.15) is 38.9 Å². The third-order valence-corrected chi connectivity index (χ3v) is 6.29. The van der Waals surface area contributed by atoms with Crippen LogP contribution in [0.25, 0.3) is 33.3 Å². The van der Waals surface area contributed by atoms with E-state index in [2.05, 4.69) is 38.7 Å². The van der Waals surface area contributed by atoms with Gasteiger partial charge in [0.25, 0.3) is 0 Å². The first-order valence-electron chi connectivity index (χ1n) is 10.9. The normalized spacial score (nSPS) is 17.4. The predicted octanol–water partition coefficient (Wildman–Crippen LogP) is 5.28. The molecule has 3 aromatic heterocycles. The molecular formula is C24H28N4O. The molecule has 1 aliphatic carbocycles. The van der Waals surface area contributed by atoms with Crippen molar-refractivity contribution in [3.8, 4) is 11.1 Å². The van der Waals surface area contributed by atoms with E-state index < -0.39 is 0 Å². The van der Waals surface area contributed by atoms with Crippen LogP contribution >= 0.6 is 0 Å². The van der Waals surface area contributed by atoms with Gasteiger partial charge in [0.1, 0.15) is 11.3 Å². The van der Waals surface area contributed by atoms with E-state index in [1.54, 1.807) is 6.26 Å². The molecule has 0 saturated heterocycles. The van der Waals surface area contributed by atoms with E-state index in [0.717, 1.165) is 59.8 Å². The molecule has 1 aromatic carbocycles. The summed E-state index contributed by atoms with van der Waals surface area (Å²) in [5.41, 5.74) is 6.25. The molecule has 29 heavy (non-hydrogen) atoms. The lowest BCUT2D eigenvalue weighted by atomic mass is 9.91. The largest absolute Gasteiger partial charge is 0.463 e. The summed E-state index contributed by atoms with van der Waals surface area (Å²) in [5, 5.41) is 0. The van der Waals surface area contributed by atoms with Crippen LogP contribution in [-0.2, 0) is 13.0 Å². The van der Waals surface area contributed by atoms with Crippen molar-refractivity contribution in [2.75, 3.05) is 13.1 Å². The van der Waals surface area contributed by atoms with Crippen molar-refractivity contribution in [2.45, 2.75) is 52.1 Å². The SMILES string of the molecule is CC.c1cc2ncc(-c3ccc4c(c3)nc3n4CCN(C4CCC4)CC3)cc2o1. The summed E-state index contributed by atoms with van der Waals surface area (Å²) in [5.74, 6) is 1.23. The van der Waals surface area contributed by atoms with Gasteiger partial charge in [-0.05, 0) is 36.6 Å². The molecular weight excluding hydrogens is 360 g/mol. The highest BCUT2D eigenvalue weighted by molar-refractivity contribution is 5.85. The Labute approximate surface area is 171 Å². The van der Waals surface area contributed by atoms with Gasteiger partial charge in [0.05, 0.1) is 17.3 Å². The zero-order valence-electron chi connectivity index (χ0n) is 17.3. The number of benzene rings is 1. The highest BCUT2D eigenvalue weighted by Gasteiger charge is 2.27. The maximum Gasteiger partial charge on any atom is 0.152 e. The highest BCUT2D eigenvalue weighted by Crippen LogP contribution is 2.30. The van der Waals surface area contributed by atoms with E-state index in [1.165, 1.54) is 30.6 Å². The Balaban J connectivity index is 0.000000882. The van der Waals surface area contributed by atoms with Crippen molar-refractivity contribution < 1.29 is 4.42 Å². The Bertz CT molecular complexity index is 1140. The Hall–Kier alpha value is -2.66. The number of hydrogen-bond donors (Lipinski definition) is 0. The molecule has 150 valence electrons. The number of fused-ring (bicyclic) bond motifs is 4. The Morgan fingerprint density at radius 1 is 0.966 bits per heavy atom. The molecule has 1 aliphatic heterocycles. The van der Waals surface area contributed by atoms with E-state index >= 15 is 0 Å². The number of furan rings is 1. The van der Waals surface area contributed by atoms with Gasteiger partial charge in [0.15, 0.2) is 5.58 Å². The molecule has 5 nitrogen and oxygen atoms in total. The van der Waals surface area contributed by atoms with Crippen molar-refractivity contribution in [3.63, 3.8) is 0 Å². The van der Waals surface area contributed by atoms with Crippen molar-refractivity contribution in [2.24, 2.45) is 0 Å². The zero-order chi connectivity index (χ0) is 19.8. The molecule has 0 spiro atoms. The summed E-state index contributed by atoms with van der Waals surface area (Å²) in [6.07, 6.45) is 8.79. The number of hydrogen-bond acceptors (Lipinski definition) is 4. The second kappa shape index (κ2) is 7.64. The lowest BCUT2D eigenvalue weighted by Gasteiger charge is -2.36. The van der Waals surface area contributed by atoms with Gasteiger partial charge in [-0.3, -0.25) is 9.88 Å². The number of aromatic nitrogens is 3. The molecule has 0 atom stereocenters. The van der Waals surface area contributed by atoms with Gasteiger partial charge in [-0.1, -0.05) is 26.3 Å². The van der Waals surface area contributed by atoms with Gasteiger partial charge in [-0.2, -0.15) is 0 Å². The van der Waals surface area contributed by atoms with Crippen molar-refractivity contribution in [3.05, 3.63) is 48.6 Å². The molecule has 0 unspecified atom stereocenters. The molecule has 0 bridgehead atoms. The van der Waals surface area contributed by atoms with Gasteiger partial charge in [0, 0.05) is 49.9 Å². The number of imidazole rings is 1. The predicted molar refractivity (Wildman–Crippen MR) is 117 cm³/mol. The second-order valence-electron chi connectivity index (χ2n) is 7.78. The zero-order valence-corrected chi connectivity index (χ0v) is 17.3. The summed E-state index contributed by atoms with van der Waals surface area (Å²) in [6.45, 7) is 7.32. The number of nitrogens with zero attached hydrogens (tertiary/aromatic N) is 4. The quantitative estimate of drug-likeness (QED) is 0.469. The molecule has 0 amide bonds. The minimum atomic E-state index is 0.816. The summed E-state index contributed by atoms with van der Waals surface area (Å²) < 4.78 is 7.93. The standard InChI is InChI=1S/C22H22N4O.C2H6/c1-2-17(3-1)25-8-6-22-24-19-12-15(4-5-20(19)26(22)10-9-25)16-13-21-18(23-14-16)7-11-27-21;1-2/h4-5,7,11-14,17H,1-3,6,8-10H2;1-2H3. The number of rotatable bonds is 2. The summed E-state index contributed by atoms with van der Waals surface area (Å²) in [7, 11) is 0. The fourth-order valence-electron chi connectivity index (χ4n) is 4.50. The van der Waals surface area contributed by atoms with Gasteiger partial charge in [-0.15, -0.1) is 0 Å². The van der Waals surface area contributed by atoms with Crippen molar-refractivity contribution in [1.29, 1.82) is 0 Å². The van der Waals surface area contributed by atoms with Gasteiger partial charge < -0.3 is 8.98 Å². The Morgan fingerprint density at radius 2 is 1.86 bits per heavy atom. The first-order valence-corrected chi connectivity index (χ1v) is 10.9. The minimum Gasteiger partial charge on any atom is -0.463 e. The van der Waals surface area contributed by atoms with Crippen LogP contribution in [0.5, 0.6) is 0 Å². The van der Waals surface area contributed by atoms with Crippen LogP contribution in [0, 0.1) is 0 Å². The van der Waals surface area contributed by atoms with E-state index in [0.29, 0.717) is 0 Å². The topological polar surface area (TPSA) is 47.1 Å². The maximum absolute atomic E-state index is 5.50. The molecule has 1 fully saturated rings. The smallest absolute Gasteiger partial charge is 0.152 e. The fraction of sp³-hybridized carbons (Fsp3) is 0.417. The van der Waals surface area contributed by atoms with Crippen LogP contribution in [0.15, 0.2) is 47.2 Å². The van der Waals surface area contributed by atoms with Crippen LogP contribution in [0.3, 0.4) is 0 Å². The van der Waals surface area contributed by atoms with E-state index in [1.807, 2.05) is 26.1 Å². The lowest BCUT2D eigenvalue weighted by molar-refractivity contribution is 0.130. The first kappa shape index (κ1) is 18.4. The molecule has 1 saturated carbocycles. The third kappa shape index (κ3) is 3.23. The maximum atomic E-state index is 5.50. The Kier molecular flexibility index (Phi) is 4.84. The summed E-state index contributed by atoms with van der Waals surface area (Å²) in [6, 6.07) is 11.3. The van der Waals surface area contributed by atoms with Crippen LogP contribution in [0.4, 0.5) is 0 Å². The molecule has 4 heterocycles. The molecule has 5 heteroatoms. The lowest BCUT2D eigenvalue weighted by Crippen LogP contribution is -2.41. The van der Waals surface area contributed by atoms with Crippen LogP contribution in [0.2, 0.25) is 0 Å². The fourth-order valence-corrected chi connectivity index (χ4v) is 4.50. The monoisotopic (exact) mass is 388 g/mol. The van der Waals surface area contributed by atoms with Crippen molar-refractivity contribution >= 4 is 22.1 Å². The van der Waals surface area contributed by atoms with Crippen LogP contribution in [-0.4, -0.2) is 38.6 Å². The van der Waals surface area contributed by atoms with Crippen LogP contribution < -0.4 is 0 Å². The molecule has 4 aromatic rings. The molecule has 2 aliphatic rings. The van der Waals surface area contributed by atoms with Gasteiger partial charge >= 0.3 is 0 Å². The first-order chi connectivity index (χ1) is 14.3. The average Bonchev–Trinajstić information content (AvgIpc) is 3.27. The molecule has 0 N–H and O–H groups in total. The molecule has 6 rings (SSSR count). The van der Waals surface area contributed by atoms with Crippen molar-refractivity contribution in [1.82, 2.24) is 19.4 Å². The average molecular weight is 389 g/mol. The Morgan fingerprint density at radius 3 is 2.69 bits per heavy atom. The highest BCUT2D eigenvalue weighted by atomic mass is 16.3. The summed E-state index contributed by atoms with van der Waals surface area (Å²) >= 11 is 0. The van der Waals surface area contributed by atoms with Gasteiger partial charge in [-0.25, -0.2) is 4.98 Å². The second-order valence-corrected chi connectivity index (χ2v) is 7.78. The van der Waals surface area contributed by atoms with E-state index in [-0.39, 0.29) is 0 Å². The third-order valence-electron chi connectivity index (χ3n) is 6.29. The molecule has 0 radical (unpaired) electrons. The minimum absolute atomic E-state index is 0.816. The van der Waals surface area contributed by atoms with E-state index in [4.69, 9.17) is 9.40 Å². The number of pyridine rings is 1.